The molecule has 1 aliphatic heterocycles. The summed E-state index contributed by atoms with van der Waals surface area (Å²) in [5.74, 6) is 0.748. The van der Waals surface area contributed by atoms with Crippen molar-refractivity contribution in [3.8, 4) is 11.5 Å². The predicted octanol–water partition coefficient (Wildman–Crippen LogP) is 2.35. The molecule has 126 valence electrons. The van der Waals surface area contributed by atoms with Gasteiger partial charge in [-0.3, -0.25) is 9.78 Å². The van der Waals surface area contributed by atoms with Gasteiger partial charge in [0.25, 0.3) is 11.8 Å². The van der Waals surface area contributed by atoms with E-state index in [-0.39, 0.29) is 11.9 Å². The Labute approximate surface area is 144 Å². The smallest absolute Gasteiger partial charge is 0.257 e. The monoisotopic (exact) mass is 336 g/mol. The van der Waals surface area contributed by atoms with E-state index in [0.717, 1.165) is 5.56 Å². The zero-order chi connectivity index (χ0) is 17.1. The van der Waals surface area contributed by atoms with Crippen LogP contribution < -0.4 is 0 Å². The van der Waals surface area contributed by atoms with Gasteiger partial charge < -0.3 is 14.2 Å². The zero-order valence-electron chi connectivity index (χ0n) is 13.4. The Morgan fingerprint density at radius 3 is 2.84 bits per heavy atom. The Balaban J connectivity index is 1.62. The van der Waals surface area contributed by atoms with E-state index in [1.54, 1.807) is 29.4 Å². The lowest BCUT2D eigenvalue weighted by Crippen LogP contribution is -2.43. The fraction of sp³-hybridized carbons (Fsp3) is 0.222. The van der Waals surface area contributed by atoms with Crippen LogP contribution in [0.15, 0.2) is 59.4 Å². The molecule has 1 saturated heterocycles. The summed E-state index contributed by atoms with van der Waals surface area (Å²) >= 11 is 0. The number of rotatable bonds is 3. The van der Waals surface area contributed by atoms with Crippen LogP contribution in [-0.4, -0.2) is 45.7 Å². The van der Waals surface area contributed by atoms with E-state index in [9.17, 15) is 4.79 Å². The number of carbonyl (C=O) groups is 1. The van der Waals surface area contributed by atoms with Crippen LogP contribution in [0, 0.1) is 0 Å². The van der Waals surface area contributed by atoms with Crippen molar-refractivity contribution < 1.29 is 14.1 Å². The summed E-state index contributed by atoms with van der Waals surface area (Å²) in [5, 5.41) is 4.07. The van der Waals surface area contributed by atoms with Crippen LogP contribution in [0.25, 0.3) is 11.5 Å². The predicted molar refractivity (Wildman–Crippen MR) is 88.6 cm³/mol. The van der Waals surface area contributed by atoms with Gasteiger partial charge in [-0.1, -0.05) is 23.4 Å². The Kier molecular flexibility index (Phi) is 4.22. The molecule has 7 nitrogen and oxygen atoms in total. The third-order valence-electron chi connectivity index (χ3n) is 4.06. The van der Waals surface area contributed by atoms with Gasteiger partial charge in [-0.25, -0.2) is 0 Å². The number of hydrogen-bond acceptors (Lipinski definition) is 6. The van der Waals surface area contributed by atoms with Gasteiger partial charge in [0.15, 0.2) is 5.82 Å². The van der Waals surface area contributed by atoms with Crippen LogP contribution in [0.5, 0.6) is 0 Å². The summed E-state index contributed by atoms with van der Waals surface area (Å²) < 4.78 is 10.9. The van der Waals surface area contributed by atoms with Gasteiger partial charge in [0.2, 0.25) is 0 Å². The van der Waals surface area contributed by atoms with E-state index in [1.807, 2.05) is 30.3 Å². The molecule has 0 aliphatic carbocycles. The van der Waals surface area contributed by atoms with Crippen molar-refractivity contribution in [1.29, 1.82) is 0 Å². The first-order valence-corrected chi connectivity index (χ1v) is 8.01. The summed E-state index contributed by atoms with van der Waals surface area (Å²) in [5.41, 5.74) is 1.37. The molecule has 7 heteroatoms. The number of pyridine rings is 1. The van der Waals surface area contributed by atoms with Crippen molar-refractivity contribution in [2.24, 2.45) is 0 Å². The number of morpholine rings is 1. The van der Waals surface area contributed by atoms with Crippen LogP contribution in [0.1, 0.15) is 22.2 Å². The van der Waals surface area contributed by atoms with Crippen LogP contribution in [0.3, 0.4) is 0 Å². The van der Waals surface area contributed by atoms with Crippen LogP contribution in [0.4, 0.5) is 0 Å². The van der Waals surface area contributed by atoms with Gasteiger partial charge in [0, 0.05) is 24.5 Å². The molecule has 0 saturated carbocycles. The van der Waals surface area contributed by atoms with Crippen molar-refractivity contribution >= 4 is 5.91 Å². The van der Waals surface area contributed by atoms with Crippen molar-refractivity contribution in [2.45, 2.75) is 6.04 Å². The third kappa shape index (κ3) is 3.14. The van der Waals surface area contributed by atoms with Gasteiger partial charge in [-0.2, -0.15) is 4.98 Å². The number of carbonyl (C=O) groups excluding carboxylic acids is 1. The Morgan fingerprint density at radius 2 is 2.04 bits per heavy atom. The summed E-state index contributed by atoms with van der Waals surface area (Å²) in [7, 11) is 0. The molecule has 0 spiro atoms. The minimum absolute atomic E-state index is 0.118. The van der Waals surface area contributed by atoms with E-state index in [0.29, 0.717) is 37.0 Å². The molecule has 1 fully saturated rings. The largest absolute Gasteiger partial charge is 0.377 e. The number of hydrogen-bond donors (Lipinski definition) is 0. The topological polar surface area (TPSA) is 81.4 Å². The molecule has 0 N–H and O–H groups in total. The average Bonchev–Trinajstić information content (AvgIpc) is 3.19. The Bertz CT molecular complexity index is 851. The molecule has 3 heterocycles. The number of nitrogens with zero attached hydrogens (tertiary/aromatic N) is 4. The molecule has 1 atom stereocenters. The quantitative estimate of drug-likeness (QED) is 0.730. The minimum atomic E-state index is -0.386. The van der Waals surface area contributed by atoms with Crippen LogP contribution in [0.2, 0.25) is 0 Å². The van der Waals surface area contributed by atoms with E-state index in [2.05, 4.69) is 15.1 Å². The van der Waals surface area contributed by atoms with Gasteiger partial charge >= 0.3 is 0 Å². The summed E-state index contributed by atoms with van der Waals surface area (Å²) in [6.45, 7) is 1.28. The molecular weight excluding hydrogens is 320 g/mol. The summed E-state index contributed by atoms with van der Waals surface area (Å²) in [4.78, 5) is 23.0. The Morgan fingerprint density at radius 1 is 1.16 bits per heavy atom. The SMILES string of the molecule is O=C(c1cccnc1)N1CCOCC1c1noc(-c2ccccc2)n1. The normalized spacial score (nSPS) is 17.4. The van der Waals surface area contributed by atoms with Crippen molar-refractivity contribution in [3.05, 3.63) is 66.2 Å². The highest BCUT2D eigenvalue weighted by Crippen LogP contribution is 2.26. The lowest BCUT2D eigenvalue weighted by Gasteiger charge is -2.33. The standard InChI is InChI=1S/C18H16N4O3/c23-18(14-7-4-8-19-11-14)22-9-10-24-12-15(22)16-20-17(25-21-16)13-5-2-1-3-6-13/h1-8,11,15H,9-10,12H2. The molecule has 0 radical (unpaired) electrons. The second-order valence-electron chi connectivity index (χ2n) is 5.65. The number of ether oxygens (including phenoxy) is 1. The molecule has 2 aromatic heterocycles. The molecule has 1 unspecified atom stereocenters. The van der Waals surface area contributed by atoms with Gasteiger partial charge in [0.05, 0.1) is 18.8 Å². The highest BCUT2D eigenvalue weighted by atomic mass is 16.5. The molecule has 3 aromatic rings. The zero-order valence-corrected chi connectivity index (χ0v) is 13.4. The van der Waals surface area contributed by atoms with E-state index in [1.165, 1.54) is 0 Å². The molecule has 1 aliphatic rings. The minimum Gasteiger partial charge on any atom is -0.377 e. The molecule has 1 amide bonds. The molecule has 25 heavy (non-hydrogen) atoms. The fourth-order valence-corrected chi connectivity index (χ4v) is 2.78. The van der Waals surface area contributed by atoms with Crippen molar-refractivity contribution in [2.75, 3.05) is 19.8 Å². The summed E-state index contributed by atoms with van der Waals surface area (Å²) in [6, 6.07) is 12.6. The maximum Gasteiger partial charge on any atom is 0.257 e. The third-order valence-corrected chi connectivity index (χ3v) is 4.06. The first-order valence-electron chi connectivity index (χ1n) is 8.01. The molecule has 0 bridgehead atoms. The first kappa shape index (κ1) is 15.5. The highest BCUT2D eigenvalue weighted by molar-refractivity contribution is 5.94. The fourth-order valence-electron chi connectivity index (χ4n) is 2.78. The maximum absolute atomic E-state index is 12.8. The Hall–Kier alpha value is -3.06. The van der Waals surface area contributed by atoms with E-state index in [4.69, 9.17) is 9.26 Å². The summed E-state index contributed by atoms with van der Waals surface area (Å²) in [6.07, 6.45) is 3.19. The van der Waals surface area contributed by atoms with E-state index < -0.39 is 0 Å². The first-order chi connectivity index (χ1) is 12.3. The van der Waals surface area contributed by atoms with Crippen LogP contribution >= 0.6 is 0 Å². The molecular formula is C18H16N4O3. The number of benzene rings is 1. The van der Waals surface area contributed by atoms with Crippen LogP contribution in [-0.2, 0) is 4.74 Å². The van der Waals surface area contributed by atoms with Gasteiger partial charge in [-0.15, -0.1) is 0 Å². The van der Waals surface area contributed by atoms with Gasteiger partial charge in [-0.05, 0) is 24.3 Å². The molecule has 4 rings (SSSR count). The number of amides is 1. The van der Waals surface area contributed by atoms with Gasteiger partial charge in [0.1, 0.15) is 6.04 Å². The lowest BCUT2D eigenvalue weighted by atomic mass is 10.1. The van der Waals surface area contributed by atoms with Crippen molar-refractivity contribution in [3.63, 3.8) is 0 Å². The highest BCUT2D eigenvalue weighted by Gasteiger charge is 2.33. The molecule has 1 aromatic carbocycles. The van der Waals surface area contributed by atoms with E-state index >= 15 is 0 Å². The maximum atomic E-state index is 12.8. The average molecular weight is 336 g/mol. The lowest BCUT2D eigenvalue weighted by molar-refractivity contribution is -0.00579. The van der Waals surface area contributed by atoms with Crippen molar-refractivity contribution in [1.82, 2.24) is 20.0 Å². The second kappa shape index (κ2) is 6.82. The second-order valence-corrected chi connectivity index (χ2v) is 5.65. The number of aromatic nitrogens is 3.